The van der Waals surface area contributed by atoms with Gasteiger partial charge in [-0.25, -0.2) is 43.3 Å². The molecular weight excluding hydrogens is 2200 g/mol. The topological polar surface area (TPSA) is 401 Å². The van der Waals surface area contributed by atoms with Crippen LogP contribution in [0.5, 0.6) is 0 Å². The molecule has 3 fully saturated rings. The van der Waals surface area contributed by atoms with E-state index in [4.69, 9.17) is 47.4 Å². The average molecular weight is 2320 g/mol. The minimum atomic E-state index is -4.58. The number of esters is 2. The number of alkyl halides is 9. The normalized spacial score (nSPS) is 13.2. The van der Waals surface area contributed by atoms with Gasteiger partial charge < -0.3 is 60.3 Å². The molecule has 0 atom stereocenters. The Kier molecular flexibility index (Phi) is 46.3. The van der Waals surface area contributed by atoms with Gasteiger partial charge in [0.15, 0.2) is 11.6 Å². The number of nitrogens with two attached hydrogens (primary N) is 3. The number of nitrogen functional groups attached to an aromatic ring is 3. The van der Waals surface area contributed by atoms with Gasteiger partial charge in [-0.05, 0) is 293 Å². The summed E-state index contributed by atoms with van der Waals surface area (Å²) in [5.41, 5.74) is 36.5. The molecule has 27 nitrogen and oxygen atoms in total. The second-order valence-corrected chi connectivity index (χ2v) is 45.6. The molecule has 4 aromatic heterocycles. The average Bonchev–Trinajstić information content (AvgIpc) is 1.71. The second-order valence-electron chi connectivity index (χ2n) is 33.7. The summed E-state index contributed by atoms with van der Waals surface area (Å²) < 4.78 is 246. The Morgan fingerprint density at radius 1 is 0.430 bits per heavy atom. The van der Waals surface area contributed by atoms with E-state index < -0.39 is 80.3 Å². The summed E-state index contributed by atoms with van der Waals surface area (Å²) in [5.74, 6) is -1.61. The summed E-state index contributed by atoms with van der Waals surface area (Å²) in [6, 6.07) is 31.8. The van der Waals surface area contributed by atoms with Crippen LogP contribution in [0.25, 0.3) is 4.72 Å². The van der Waals surface area contributed by atoms with Gasteiger partial charge in [0, 0.05) is 103 Å². The van der Waals surface area contributed by atoms with Crippen molar-refractivity contribution < 1.29 is 146 Å². The molecule has 149 heavy (non-hydrogen) atoms. The van der Waals surface area contributed by atoms with Gasteiger partial charge in [-0.15, -0.1) is 51.0 Å². The molecule has 12 aromatic rings. The van der Waals surface area contributed by atoms with E-state index in [0.29, 0.717) is 73.4 Å². The molecule has 0 amide bonds. The number of nitriles is 1. The standard InChI is InChI=1S/2C26H27F3N2O4S2.C13H10F3NO4S2.C13H20N2O.C9H12BrN.C7H7ClO2S.C6H7NO2S.C2H3N.Na/c2*1-16-14-17(2)24(31-9-11-35-12-10-31)18(3)21(16)15-23(32)25-22(8-13-36-25)30-37(33,34)20-6-4-19(5-7-20)26(27,28)29;1-21-12(18)11-10(6-7-22-11)17-23(19,20)9-4-2-8(3-5-9)13(14,15)16;1-9-8-10(2)13(11(3)12(9)14)15-4-6-16-7-5-15;1-5-4-6(2)9(11)7(3)8(5)10;1-6-2-4-7(5-3-6)11(8,9)10;1-9-6(8)5-4(7)2-3-10-5;1-2-3;/h4-8,13-14H,9-12,15H2,1-3H3,(H,30,32);4-8,13-14,30H,9-12,15H2,1-3H3;2-7,17H,1H3;8H,4-7,14H2,1-3H3;4H,11H2,1-3H3;2-5H,1H3;2-3H,7H2,1H3;1H3;/q;;;;;;;;+1/p-1. The number of Topliss-reactive ketones (excluding diaryl/α,β-unsaturated/α-hetero) is 2. The predicted molar refractivity (Wildman–Crippen MR) is 570 cm³/mol. The first-order chi connectivity index (χ1) is 69.2. The summed E-state index contributed by atoms with van der Waals surface area (Å²) in [5, 5.41) is 13.7. The number of hydrogen-bond donors (Lipinski definition) is 5. The molecule has 15 rings (SSSR count). The number of rotatable bonds is 21. The number of ether oxygens (including phenoxy) is 5. The molecule has 3 aliphatic rings. The number of methoxy groups -OCH3 is 2. The number of nitrogens with zero attached hydrogens (tertiary/aromatic N) is 5. The minimum Gasteiger partial charge on any atom is -0.571 e. The van der Waals surface area contributed by atoms with Crippen molar-refractivity contribution in [3.8, 4) is 6.07 Å². The Bertz CT molecular complexity index is 6980. The maximum Gasteiger partial charge on any atom is 1.00 e. The zero-order valence-corrected chi connectivity index (χ0v) is 95.3. The van der Waals surface area contributed by atoms with Gasteiger partial charge in [-0.3, -0.25) is 19.0 Å². The van der Waals surface area contributed by atoms with Crippen LogP contribution < -0.4 is 70.9 Å². The fourth-order valence-corrected chi connectivity index (χ4v) is 23.3. The van der Waals surface area contributed by atoms with Crippen LogP contribution in [-0.4, -0.2) is 150 Å². The molecule has 3 aliphatic heterocycles. The van der Waals surface area contributed by atoms with Crippen molar-refractivity contribution in [1.82, 2.24) is 0 Å². The molecule has 0 aliphatic carbocycles. The largest absolute Gasteiger partial charge is 1.00 e. The van der Waals surface area contributed by atoms with E-state index >= 15 is 0 Å². The van der Waals surface area contributed by atoms with Crippen LogP contribution in [0.3, 0.4) is 0 Å². The molecule has 8 N–H and O–H groups in total. The molecule has 3 saturated heterocycles. The van der Waals surface area contributed by atoms with Crippen molar-refractivity contribution in [2.45, 2.75) is 148 Å². The van der Waals surface area contributed by atoms with Gasteiger partial charge in [0.1, 0.15) is 19.8 Å². The Labute approximate surface area is 913 Å². The van der Waals surface area contributed by atoms with Crippen LogP contribution in [0.2, 0.25) is 0 Å². The Balaban J connectivity index is 0.000000248. The van der Waals surface area contributed by atoms with Crippen LogP contribution in [0.1, 0.15) is 146 Å². The number of morpholine rings is 3. The summed E-state index contributed by atoms with van der Waals surface area (Å²) in [6.07, 6.45) is -13.6. The minimum absolute atomic E-state index is 0. The first-order valence-corrected chi connectivity index (χ1v) is 56.0. The van der Waals surface area contributed by atoms with Crippen molar-refractivity contribution >= 4 is 186 Å². The van der Waals surface area contributed by atoms with E-state index in [1.54, 1.807) is 40.4 Å². The number of carbonyl (C=O) groups excluding carboxylic acids is 4. The Morgan fingerprint density at radius 2 is 0.738 bits per heavy atom. The quantitative estimate of drug-likeness (QED) is 0.0111. The van der Waals surface area contributed by atoms with Gasteiger partial charge in [0.25, 0.3) is 29.1 Å². The smallest absolute Gasteiger partial charge is 0.571 e. The number of benzene rings is 8. The van der Waals surface area contributed by atoms with E-state index in [1.165, 1.54) is 89.0 Å². The third-order valence-corrected chi connectivity index (χ3v) is 33.5. The summed E-state index contributed by atoms with van der Waals surface area (Å²) in [4.78, 5) is 55.9. The van der Waals surface area contributed by atoms with E-state index in [1.807, 2.05) is 62.3 Å². The van der Waals surface area contributed by atoms with Gasteiger partial charge in [-0.2, -0.15) is 44.8 Å². The zero-order chi connectivity index (χ0) is 110. The number of hydrogen-bond acceptors (Lipinski definition) is 28. The SMILES string of the molecule is CC#N.COC(=O)c1sccc1N.COC(=O)c1sccc1NS(=O)(=O)c1ccc(C(F)(F)F)cc1.Cc1cc(C)c(Br)c(C)c1N.Cc1cc(C)c(N2CCOCC2)c(C)c1CC(=O)c1sccc1NS(=O)(=O)c1ccc(C(F)(F)F)cc1.Cc1cc(C)c(N2CCOCC2)c(C)c1CC(=O)c1sccc1[N-]S(=O)(=O)c1ccc(C(F)(F)F)cc1.Cc1cc(C)c(N2CCOCC2)c(C)c1N.Cc1ccc(S(=O)(=O)Cl)cc1.[Na+]. The number of ketones is 2. The molecule has 47 heteroatoms. The summed E-state index contributed by atoms with van der Waals surface area (Å²) in [7, 11) is -8.63. The number of nitrogens with one attached hydrogen (secondary N) is 2. The van der Waals surface area contributed by atoms with Crippen molar-refractivity contribution in [3.05, 3.63) is 296 Å². The van der Waals surface area contributed by atoms with Crippen molar-refractivity contribution in [2.24, 2.45) is 0 Å². The predicted octanol–water partition coefficient (Wildman–Crippen LogP) is 21.0. The number of thiophene rings is 4. The molecule has 8 aromatic carbocycles. The zero-order valence-electron chi connectivity index (χ0n) is 84.4. The van der Waals surface area contributed by atoms with Crippen LogP contribution >= 0.6 is 72.0 Å². The van der Waals surface area contributed by atoms with E-state index in [2.05, 4.69) is 106 Å². The first kappa shape index (κ1) is 125. The third-order valence-electron chi connectivity index (χ3n) is 23.2. The fraction of sp³-hybridized carbons (Fsp3) is 0.324. The maximum absolute atomic E-state index is 13.4. The number of anilines is 8. The fourth-order valence-electron chi connectivity index (χ4n) is 15.8. The molecule has 798 valence electrons. The maximum atomic E-state index is 13.4. The van der Waals surface area contributed by atoms with Crippen molar-refractivity contribution in [3.63, 3.8) is 0 Å². The number of carbonyl (C=O) groups is 4. The molecule has 7 heterocycles. The number of sulfonamides is 3. The number of halogens is 11. The molecule has 0 radical (unpaired) electrons. The van der Waals surface area contributed by atoms with Crippen LogP contribution in [0.15, 0.2) is 191 Å². The van der Waals surface area contributed by atoms with Gasteiger partial charge in [0.05, 0.1) is 123 Å². The van der Waals surface area contributed by atoms with Crippen molar-refractivity contribution in [1.29, 1.82) is 5.26 Å². The van der Waals surface area contributed by atoms with E-state index in [-0.39, 0.29) is 111 Å². The summed E-state index contributed by atoms with van der Waals surface area (Å²) >= 11 is 7.94. The monoisotopic (exact) mass is 2310 g/mol. The Morgan fingerprint density at radius 3 is 1.11 bits per heavy atom. The number of aryl methyl sites for hydroxylation is 9. The first-order valence-electron chi connectivity index (χ1n) is 44.9. The van der Waals surface area contributed by atoms with Crippen LogP contribution in [0, 0.1) is 101 Å². The van der Waals surface area contributed by atoms with E-state index in [9.17, 15) is 92.4 Å². The van der Waals surface area contributed by atoms with Gasteiger partial charge >= 0.3 is 60.0 Å². The van der Waals surface area contributed by atoms with Crippen LogP contribution in [-0.2, 0) is 94.2 Å². The molecule has 0 spiro atoms. The molecule has 0 bridgehead atoms. The molecule has 0 saturated carbocycles. The van der Waals surface area contributed by atoms with Crippen LogP contribution in [0.4, 0.5) is 90.7 Å². The van der Waals surface area contributed by atoms with Crippen molar-refractivity contribution in [2.75, 3.05) is 134 Å². The summed E-state index contributed by atoms with van der Waals surface area (Å²) in [6.45, 7) is 36.9. The van der Waals surface area contributed by atoms with Gasteiger partial charge in [-0.1, -0.05) is 64.0 Å². The molecule has 0 unspecified atom stereocenters. The molecular formula is C102H112BrClF9N10NaO17S8. The van der Waals surface area contributed by atoms with E-state index in [0.717, 1.165) is 218 Å². The third kappa shape index (κ3) is 34.4. The Hall–Kier alpha value is -10.7. The second kappa shape index (κ2) is 55.1. The van der Waals surface area contributed by atoms with Gasteiger partial charge in [0.2, 0.25) is 0 Å².